The number of methoxy groups -OCH3 is 2. The lowest BCUT2D eigenvalue weighted by atomic mass is 10.2. The number of hydrogen-bond acceptors (Lipinski definition) is 8. The van der Waals surface area contributed by atoms with Gasteiger partial charge in [0.15, 0.2) is 17.2 Å². The number of hydrogen-bond donors (Lipinski definition) is 2. The predicted molar refractivity (Wildman–Crippen MR) is 92.8 cm³/mol. The van der Waals surface area contributed by atoms with Gasteiger partial charge in [0.25, 0.3) is 11.9 Å². The van der Waals surface area contributed by atoms with Gasteiger partial charge >= 0.3 is 0 Å². The number of carbonyl (C=O) groups excluding carboxylic acids is 1. The highest BCUT2D eigenvalue weighted by molar-refractivity contribution is 7.21. The Balaban J connectivity index is 2.10. The van der Waals surface area contributed by atoms with Gasteiger partial charge in [0.05, 0.1) is 20.3 Å². The molecule has 0 aliphatic heterocycles. The molecular weight excluding hydrogens is 346 g/mol. The van der Waals surface area contributed by atoms with Crippen LogP contribution >= 0.6 is 11.3 Å². The molecule has 2 aromatic heterocycles. The Morgan fingerprint density at radius 2 is 1.96 bits per heavy atom. The van der Waals surface area contributed by atoms with E-state index in [1.54, 1.807) is 20.3 Å². The van der Waals surface area contributed by atoms with E-state index in [9.17, 15) is 4.79 Å². The van der Waals surface area contributed by atoms with E-state index in [0.29, 0.717) is 22.1 Å². The first-order chi connectivity index (χ1) is 12.0. The minimum Gasteiger partial charge on any atom is -0.493 e. The van der Waals surface area contributed by atoms with Crippen molar-refractivity contribution < 1.29 is 19.0 Å². The number of thiophene rings is 1. The van der Waals surface area contributed by atoms with E-state index in [1.165, 1.54) is 11.3 Å². The molecule has 0 fully saturated rings. The van der Waals surface area contributed by atoms with Crippen LogP contribution in [0.3, 0.4) is 0 Å². The first kappa shape index (κ1) is 17.0. The molecule has 0 saturated carbocycles. The number of rotatable bonds is 6. The topological polar surface area (TPSA) is 111 Å². The van der Waals surface area contributed by atoms with E-state index < -0.39 is 0 Å². The fraction of sp³-hybridized carbons (Fsp3) is 0.333. The highest BCUT2D eigenvalue weighted by Gasteiger charge is 2.23. The lowest BCUT2D eigenvalue weighted by molar-refractivity contribution is 0.102. The lowest BCUT2D eigenvalue weighted by Crippen LogP contribution is -2.14. The van der Waals surface area contributed by atoms with Crippen LogP contribution in [0, 0.1) is 0 Å². The smallest absolute Gasteiger partial charge is 0.272 e. The summed E-state index contributed by atoms with van der Waals surface area (Å²) in [6.45, 7) is 3.79. The van der Waals surface area contributed by atoms with E-state index in [4.69, 9.17) is 14.2 Å². The van der Waals surface area contributed by atoms with E-state index in [0.717, 1.165) is 10.1 Å². The number of carbonyl (C=O) groups is 1. The summed E-state index contributed by atoms with van der Waals surface area (Å²) in [7, 11) is 3.12. The minimum atomic E-state index is -0.379. The molecule has 1 aromatic carbocycles. The molecule has 0 saturated heterocycles. The Bertz CT molecular complexity index is 891. The summed E-state index contributed by atoms with van der Waals surface area (Å²) in [6, 6.07) is 3.62. The first-order valence-corrected chi connectivity index (χ1v) is 8.25. The number of benzene rings is 1. The van der Waals surface area contributed by atoms with Gasteiger partial charge in [0.2, 0.25) is 0 Å². The van der Waals surface area contributed by atoms with Gasteiger partial charge in [-0.25, -0.2) is 0 Å². The van der Waals surface area contributed by atoms with Crippen LogP contribution in [0.4, 0.5) is 5.95 Å². The maximum Gasteiger partial charge on any atom is 0.272 e. The van der Waals surface area contributed by atoms with Gasteiger partial charge in [-0.15, -0.1) is 16.4 Å². The molecular formula is C15H17N5O4S. The number of aromatic amines is 1. The van der Waals surface area contributed by atoms with Gasteiger partial charge in [-0.05, 0) is 25.1 Å². The normalized spacial score (nSPS) is 10.9. The van der Waals surface area contributed by atoms with E-state index in [2.05, 4.69) is 25.9 Å². The number of amides is 1. The number of H-pyrrole nitrogens is 1. The second-order valence-corrected chi connectivity index (χ2v) is 6.37. The third-order valence-corrected chi connectivity index (χ3v) is 4.41. The third kappa shape index (κ3) is 3.33. The Labute approximate surface area is 147 Å². The van der Waals surface area contributed by atoms with Crippen molar-refractivity contribution in [3.05, 3.63) is 17.0 Å². The molecule has 0 aliphatic carbocycles. The quantitative estimate of drug-likeness (QED) is 0.692. The molecule has 9 nitrogen and oxygen atoms in total. The Morgan fingerprint density at radius 1 is 1.24 bits per heavy atom. The molecule has 0 radical (unpaired) electrons. The van der Waals surface area contributed by atoms with Crippen LogP contribution in [0.1, 0.15) is 23.5 Å². The number of tetrazole rings is 1. The average Bonchev–Trinajstić information content (AvgIpc) is 3.21. The molecule has 3 rings (SSSR count). The molecule has 10 heteroatoms. The number of nitrogens with one attached hydrogen (secondary N) is 2. The summed E-state index contributed by atoms with van der Waals surface area (Å²) in [6.07, 6.45) is -0.109. The highest BCUT2D eigenvalue weighted by atomic mass is 32.1. The lowest BCUT2D eigenvalue weighted by Gasteiger charge is -2.12. The Kier molecular flexibility index (Phi) is 4.70. The van der Waals surface area contributed by atoms with Crippen molar-refractivity contribution in [1.82, 2.24) is 20.6 Å². The van der Waals surface area contributed by atoms with Crippen LogP contribution in [0.2, 0.25) is 0 Å². The van der Waals surface area contributed by atoms with Crippen molar-refractivity contribution in [2.45, 2.75) is 20.0 Å². The van der Waals surface area contributed by atoms with E-state index in [-0.39, 0.29) is 18.0 Å². The van der Waals surface area contributed by atoms with Crippen LogP contribution in [0.15, 0.2) is 12.1 Å². The van der Waals surface area contributed by atoms with Gasteiger partial charge in [-0.3, -0.25) is 10.1 Å². The largest absolute Gasteiger partial charge is 0.493 e. The molecule has 0 unspecified atom stereocenters. The van der Waals surface area contributed by atoms with Gasteiger partial charge < -0.3 is 14.2 Å². The first-order valence-electron chi connectivity index (χ1n) is 7.43. The second kappa shape index (κ2) is 6.93. The zero-order chi connectivity index (χ0) is 18.0. The SMILES string of the molecule is COc1cc2sc(C(=O)Nc3nn[nH]n3)c(OC(C)C)c2cc1OC. The maximum atomic E-state index is 12.6. The summed E-state index contributed by atoms with van der Waals surface area (Å²) in [5.74, 6) is 1.34. The van der Waals surface area contributed by atoms with Crippen LogP contribution in [0.5, 0.6) is 17.2 Å². The van der Waals surface area contributed by atoms with Crippen molar-refractivity contribution in [1.29, 1.82) is 0 Å². The van der Waals surface area contributed by atoms with E-state index >= 15 is 0 Å². The molecule has 0 atom stereocenters. The molecule has 132 valence electrons. The molecule has 25 heavy (non-hydrogen) atoms. The number of anilines is 1. The zero-order valence-corrected chi connectivity index (χ0v) is 14.9. The molecule has 2 N–H and O–H groups in total. The van der Waals surface area contributed by atoms with Crippen LogP contribution < -0.4 is 19.5 Å². The van der Waals surface area contributed by atoms with Crippen molar-refractivity contribution >= 4 is 33.3 Å². The van der Waals surface area contributed by atoms with Gasteiger partial charge in [0, 0.05) is 16.2 Å². The molecule has 0 aliphatic rings. The third-order valence-electron chi connectivity index (χ3n) is 3.28. The number of ether oxygens (including phenoxy) is 3. The number of fused-ring (bicyclic) bond motifs is 1. The zero-order valence-electron chi connectivity index (χ0n) is 14.1. The summed E-state index contributed by atoms with van der Waals surface area (Å²) in [5.41, 5.74) is 0. The monoisotopic (exact) mass is 363 g/mol. The molecule has 0 spiro atoms. The van der Waals surface area contributed by atoms with Crippen LogP contribution in [0.25, 0.3) is 10.1 Å². The standard InChI is InChI=1S/C15H17N5O4S/c1-7(2)24-12-8-5-9(22-3)10(23-4)6-11(8)25-13(12)14(21)16-15-17-19-20-18-15/h5-7H,1-4H3,(H2,16,17,18,19,20,21). The highest BCUT2D eigenvalue weighted by Crippen LogP contribution is 2.44. The molecule has 2 heterocycles. The van der Waals surface area contributed by atoms with Crippen molar-refractivity contribution in [2.75, 3.05) is 19.5 Å². The maximum absolute atomic E-state index is 12.6. The number of nitrogens with zero attached hydrogens (tertiary/aromatic N) is 3. The van der Waals surface area contributed by atoms with Crippen LogP contribution in [-0.2, 0) is 0 Å². The fourth-order valence-corrected chi connectivity index (χ4v) is 3.32. The van der Waals surface area contributed by atoms with Crippen molar-refractivity contribution in [2.24, 2.45) is 0 Å². The average molecular weight is 363 g/mol. The fourth-order valence-electron chi connectivity index (χ4n) is 2.28. The van der Waals surface area contributed by atoms with Crippen LogP contribution in [-0.4, -0.2) is 46.9 Å². The minimum absolute atomic E-state index is 0.0908. The Morgan fingerprint density at radius 3 is 2.56 bits per heavy atom. The summed E-state index contributed by atoms with van der Waals surface area (Å²) in [5, 5.41) is 16.5. The van der Waals surface area contributed by atoms with E-state index in [1.807, 2.05) is 19.9 Å². The number of aromatic nitrogens is 4. The molecule has 3 aromatic rings. The summed E-state index contributed by atoms with van der Waals surface area (Å²) >= 11 is 1.29. The predicted octanol–water partition coefficient (Wildman–Crippen LogP) is 2.47. The van der Waals surface area contributed by atoms with Gasteiger partial charge in [-0.1, -0.05) is 5.10 Å². The van der Waals surface area contributed by atoms with Crippen molar-refractivity contribution in [3.63, 3.8) is 0 Å². The second-order valence-electron chi connectivity index (χ2n) is 5.32. The molecule has 0 bridgehead atoms. The van der Waals surface area contributed by atoms with Gasteiger partial charge in [0.1, 0.15) is 4.88 Å². The summed E-state index contributed by atoms with van der Waals surface area (Å²) < 4.78 is 17.4. The summed E-state index contributed by atoms with van der Waals surface area (Å²) in [4.78, 5) is 13.0. The Hall–Kier alpha value is -2.88. The van der Waals surface area contributed by atoms with Gasteiger partial charge in [-0.2, -0.15) is 5.21 Å². The van der Waals surface area contributed by atoms with Crippen molar-refractivity contribution in [3.8, 4) is 17.2 Å². The molecule has 1 amide bonds.